The summed E-state index contributed by atoms with van der Waals surface area (Å²) in [5.74, 6) is 2.58. The van der Waals surface area contributed by atoms with Crippen LogP contribution >= 0.6 is 0 Å². The van der Waals surface area contributed by atoms with Crippen molar-refractivity contribution in [1.29, 1.82) is 0 Å². The lowest BCUT2D eigenvalue weighted by Crippen LogP contribution is -2.29. The monoisotopic (exact) mass is 192 g/mol. The van der Waals surface area contributed by atoms with E-state index in [0.717, 1.165) is 12.1 Å². The quantitative estimate of drug-likeness (QED) is 0.682. The number of terminal acetylenes is 1. The van der Waals surface area contributed by atoms with Crippen LogP contribution in [0.25, 0.3) is 0 Å². The van der Waals surface area contributed by atoms with Gasteiger partial charge in [-0.3, -0.25) is 9.58 Å². The molecule has 0 aliphatic rings. The summed E-state index contributed by atoms with van der Waals surface area (Å²) in [6.07, 6.45) is 8.91. The average molecular weight is 192 g/mol. The van der Waals surface area contributed by atoms with Gasteiger partial charge in [0.2, 0.25) is 0 Å². The molecule has 1 unspecified atom stereocenters. The van der Waals surface area contributed by atoms with E-state index in [2.05, 4.69) is 11.0 Å². The number of nitrogens with two attached hydrogens (primary N) is 1. The van der Waals surface area contributed by atoms with Crippen molar-refractivity contribution in [3.63, 3.8) is 0 Å². The summed E-state index contributed by atoms with van der Waals surface area (Å²) < 4.78 is 1.75. The van der Waals surface area contributed by atoms with E-state index >= 15 is 0 Å². The number of nitrogens with zero attached hydrogens (tertiary/aromatic N) is 3. The molecule has 0 saturated carbocycles. The molecule has 1 heterocycles. The van der Waals surface area contributed by atoms with Crippen LogP contribution in [0.3, 0.4) is 0 Å². The minimum absolute atomic E-state index is 0.0259. The predicted octanol–water partition coefficient (Wildman–Crippen LogP) is -0.0151. The normalized spacial score (nSPS) is 12.8. The second-order valence-corrected chi connectivity index (χ2v) is 3.45. The van der Waals surface area contributed by atoms with E-state index in [1.165, 1.54) is 0 Å². The van der Waals surface area contributed by atoms with Crippen LogP contribution in [0.5, 0.6) is 0 Å². The fourth-order valence-electron chi connectivity index (χ4n) is 1.29. The van der Waals surface area contributed by atoms with Crippen LogP contribution in [0.15, 0.2) is 12.4 Å². The molecule has 0 amide bonds. The van der Waals surface area contributed by atoms with Crippen LogP contribution in [0.1, 0.15) is 11.6 Å². The molecule has 0 aliphatic heterocycles. The molecule has 0 bridgehead atoms. The van der Waals surface area contributed by atoms with Crippen LogP contribution in [-0.2, 0) is 7.05 Å². The SMILES string of the molecule is C#CCN(C)CC(N)c1cnn(C)c1. The Balaban J connectivity index is 2.50. The number of likely N-dealkylation sites (N-methyl/N-ethyl adjacent to an activating group) is 1. The molecule has 1 atom stereocenters. The van der Waals surface area contributed by atoms with Crippen molar-refractivity contribution in [1.82, 2.24) is 14.7 Å². The molecule has 0 spiro atoms. The fourth-order valence-corrected chi connectivity index (χ4v) is 1.29. The summed E-state index contributed by atoms with van der Waals surface area (Å²) in [7, 11) is 3.83. The molecular weight excluding hydrogens is 176 g/mol. The van der Waals surface area contributed by atoms with Gasteiger partial charge in [-0.1, -0.05) is 5.92 Å². The first-order valence-corrected chi connectivity index (χ1v) is 4.49. The molecule has 0 fully saturated rings. The average Bonchev–Trinajstić information content (AvgIpc) is 2.52. The molecule has 2 N–H and O–H groups in total. The molecule has 0 radical (unpaired) electrons. The van der Waals surface area contributed by atoms with E-state index in [9.17, 15) is 0 Å². The summed E-state index contributed by atoms with van der Waals surface area (Å²) in [6, 6.07) is -0.0259. The Morgan fingerprint density at radius 1 is 1.79 bits per heavy atom. The van der Waals surface area contributed by atoms with Crippen LogP contribution < -0.4 is 5.73 Å². The molecule has 1 aromatic heterocycles. The smallest absolute Gasteiger partial charge is 0.0597 e. The summed E-state index contributed by atoms with van der Waals surface area (Å²) >= 11 is 0. The number of hydrogen-bond donors (Lipinski definition) is 1. The molecule has 0 saturated heterocycles. The van der Waals surface area contributed by atoms with Crippen molar-refractivity contribution in [2.24, 2.45) is 12.8 Å². The second-order valence-electron chi connectivity index (χ2n) is 3.45. The number of hydrogen-bond acceptors (Lipinski definition) is 3. The minimum atomic E-state index is -0.0259. The largest absolute Gasteiger partial charge is 0.323 e. The zero-order chi connectivity index (χ0) is 10.6. The highest BCUT2D eigenvalue weighted by Gasteiger charge is 2.09. The highest BCUT2D eigenvalue weighted by molar-refractivity contribution is 5.10. The van der Waals surface area contributed by atoms with E-state index in [0.29, 0.717) is 6.54 Å². The van der Waals surface area contributed by atoms with Crippen molar-refractivity contribution in [3.05, 3.63) is 18.0 Å². The topological polar surface area (TPSA) is 47.1 Å². The number of aromatic nitrogens is 2. The maximum Gasteiger partial charge on any atom is 0.0597 e. The lowest BCUT2D eigenvalue weighted by atomic mass is 10.1. The van der Waals surface area contributed by atoms with Crippen molar-refractivity contribution < 1.29 is 0 Å². The summed E-state index contributed by atoms with van der Waals surface area (Å²) in [6.45, 7) is 1.36. The van der Waals surface area contributed by atoms with E-state index in [-0.39, 0.29) is 6.04 Å². The molecule has 1 rings (SSSR count). The molecule has 0 aromatic carbocycles. The summed E-state index contributed by atoms with van der Waals surface area (Å²) in [5, 5.41) is 4.07. The molecule has 1 aromatic rings. The van der Waals surface area contributed by atoms with Gasteiger partial charge in [-0.15, -0.1) is 6.42 Å². The molecule has 4 nitrogen and oxygen atoms in total. The van der Waals surface area contributed by atoms with Gasteiger partial charge in [0.25, 0.3) is 0 Å². The fraction of sp³-hybridized carbons (Fsp3) is 0.500. The first kappa shape index (κ1) is 10.8. The lowest BCUT2D eigenvalue weighted by molar-refractivity contribution is 0.348. The molecule has 76 valence electrons. The van der Waals surface area contributed by atoms with Gasteiger partial charge in [-0.2, -0.15) is 5.10 Å². The summed E-state index contributed by atoms with van der Waals surface area (Å²) in [4.78, 5) is 2.01. The van der Waals surface area contributed by atoms with Crippen molar-refractivity contribution in [2.45, 2.75) is 6.04 Å². The Labute approximate surface area is 84.7 Å². The van der Waals surface area contributed by atoms with E-state index in [1.807, 2.05) is 25.2 Å². The molecule has 14 heavy (non-hydrogen) atoms. The third kappa shape index (κ3) is 2.87. The highest BCUT2D eigenvalue weighted by atomic mass is 15.2. The van der Waals surface area contributed by atoms with Crippen molar-refractivity contribution in [2.75, 3.05) is 20.1 Å². The Morgan fingerprint density at radius 3 is 3.00 bits per heavy atom. The lowest BCUT2D eigenvalue weighted by Gasteiger charge is -2.17. The minimum Gasteiger partial charge on any atom is -0.323 e. The molecule has 0 aliphatic carbocycles. The first-order valence-electron chi connectivity index (χ1n) is 4.49. The van der Waals surface area contributed by atoms with Crippen LogP contribution in [0.2, 0.25) is 0 Å². The van der Waals surface area contributed by atoms with Crippen molar-refractivity contribution in [3.8, 4) is 12.3 Å². The van der Waals surface area contributed by atoms with E-state index in [1.54, 1.807) is 10.9 Å². The first-order chi connectivity index (χ1) is 6.63. The highest BCUT2D eigenvalue weighted by Crippen LogP contribution is 2.08. The number of aryl methyl sites for hydroxylation is 1. The van der Waals surface area contributed by atoms with Gasteiger partial charge in [0.05, 0.1) is 12.7 Å². The number of rotatable bonds is 4. The third-order valence-corrected chi connectivity index (χ3v) is 2.02. The van der Waals surface area contributed by atoms with Crippen molar-refractivity contribution >= 4 is 0 Å². The van der Waals surface area contributed by atoms with Gasteiger partial charge in [0, 0.05) is 31.4 Å². The van der Waals surface area contributed by atoms with Crippen LogP contribution in [0, 0.1) is 12.3 Å². The molecule has 4 heteroatoms. The van der Waals surface area contributed by atoms with Gasteiger partial charge >= 0.3 is 0 Å². The van der Waals surface area contributed by atoms with E-state index in [4.69, 9.17) is 12.2 Å². The third-order valence-electron chi connectivity index (χ3n) is 2.02. The maximum absolute atomic E-state index is 5.98. The zero-order valence-electron chi connectivity index (χ0n) is 8.64. The Kier molecular flexibility index (Phi) is 3.69. The Morgan fingerprint density at radius 2 is 2.50 bits per heavy atom. The van der Waals surface area contributed by atoms with Gasteiger partial charge < -0.3 is 5.73 Å². The zero-order valence-corrected chi connectivity index (χ0v) is 8.64. The standard InChI is InChI=1S/C10H16N4/c1-4-5-13(2)8-10(11)9-6-12-14(3)7-9/h1,6-7,10H,5,8,11H2,2-3H3. The van der Waals surface area contributed by atoms with Gasteiger partial charge in [-0.25, -0.2) is 0 Å². The second kappa shape index (κ2) is 4.80. The summed E-state index contributed by atoms with van der Waals surface area (Å²) in [5.41, 5.74) is 7.01. The Bertz CT molecular complexity index is 323. The van der Waals surface area contributed by atoms with Gasteiger partial charge in [-0.05, 0) is 7.05 Å². The maximum atomic E-state index is 5.98. The Hall–Kier alpha value is -1.31. The molecular formula is C10H16N4. The van der Waals surface area contributed by atoms with Gasteiger partial charge in [0.1, 0.15) is 0 Å². The van der Waals surface area contributed by atoms with Crippen LogP contribution in [0.4, 0.5) is 0 Å². The van der Waals surface area contributed by atoms with Crippen LogP contribution in [-0.4, -0.2) is 34.8 Å². The van der Waals surface area contributed by atoms with Gasteiger partial charge in [0.15, 0.2) is 0 Å². The predicted molar refractivity (Wildman–Crippen MR) is 56.5 cm³/mol. The van der Waals surface area contributed by atoms with E-state index < -0.39 is 0 Å².